The number of hydrogen-bond acceptors (Lipinski definition) is 3. The van der Waals surface area contributed by atoms with E-state index in [0.717, 1.165) is 44.1 Å². The second-order valence-electron chi connectivity index (χ2n) is 7.15. The van der Waals surface area contributed by atoms with E-state index in [9.17, 15) is 13.2 Å². The molecule has 2 atom stereocenters. The van der Waals surface area contributed by atoms with Gasteiger partial charge >= 0.3 is 5.97 Å². The van der Waals surface area contributed by atoms with Crippen LogP contribution in [0.1, 0.15) is 56.9 Å². The number of aliphatic carboxylic acids is 1. The van der Waals surface area contributed by atoms with Gasteiger partial charge in [0.05, 0.1) is 4.90 Å². The van der Waals surface area contributed by atoms with Crippen molar-refractivity contribution in [3.8, 4) is 0 Å². The second-order valence-corrected chi connectivity index (χ2v) is 8.86. The van der Waals surface area contributed by atoms with Crippen LogP contribution in [0.4, 0.5) is 0 Å². The number of carboxylic acids is 1. The Hall–Kier alpha value is -1.66. The van der Waals surface area contributed by atoms with Gasteiger partial charge in [0.25, 0.3) is 0 Å². The maximum Gasteiger partial charge on any atom is 0.303 e. The maximum absolute atomic E-state index is 12.5. The van der Waals surface area contributed by atoms with Crippen LogP contribution >= 0.6 is 0 Å². The van der Waals surface area contributed by atoms with Gasteiger partial charge in [0.15, 0.2) is 0 Å². The normalized spacial score (nSPS) is 20.7. The number of carbonyl (C=O) groups is 1. The summed E-state index contributed by atoms with van der Waals surface area (Å²) in [4.78, 5) is 10.8. The first-order valence-electron chi connectivity index (χ1n) is 9.32. The summed E-state index contributed by atoms with van der Waals surface area (Å²) in [7, 11) is -3.44. The predicted octanol–water partition coefficient (Wildman–Crippen LogP) is 4.03. The first-order chi connectivity index (χ1) is 12.4. The lowest BCUT2D eigenvalue weighted by Crippen LogP contribution is -2.33. The molecule has 0 aromatic heterocycles. The molecule has 0 heterocycles. The third-order valence-electron chi connectivity index (χ3n) is 4.86. The SMILES string of the molecule is Cc1ccc(S(=O)(=O)NC2CCC(CC/C=C\CCCC(=O)O)C2)cc1. The summed E-state index contributed by atoms with van der Waals surface area (Å²) in [6, 6.07) is 6.95. The van der Waals surface area contributed by atoms with Crippen LogP contribution in [0.15, 0.2) is 41.3 Å². The van der Waals surface area contributed by atoms with Crippen molar-refractivity contribution in [3.63, 3.8) is 0 Å². The summed E-state index contributed by atoms with van der Waals surface area (Å²) in [5.74, 6) is -0.201. The van der Waals surface area contributed by atoms with Crippen molar-refractivity contribution >= 4 is 16.0 Å². The summed E-state index contributed by atoms with van der Waals surface area (Å²) < 4.78 is 27.7. The Morgan fingerprint density at radius 3 is 2.58 bits per heavy atom. The van der Waals surface area contributed by atoms with E-state index in [-0.39, 0.29) is 12.5 Å². The van der Waals surface area contributed by atoms with Crippen LogP contribution in [0.25, 0.3) is 0 Å². The molecule has 6 heteroatoms. The van der Waals surface area contributed by atoms with Crippen LogP contribution in [-0.4, -0.2) is 25.5 Å². The standard InChI is InChI=1S/C20H29NO4S/c1-16-9-13-19(14-10-16)26(24,25)21-18-12-11-17(15-18)7-5-3-2-4-6-8-20(22)23/h2-3,9-10,13-14,17-18,21H,4-8,11-12,15H2,1H3,(H,22,23)/b3-2-. The van der Waals surface area contributed by atoms with E-state index in [2.05, 4.69) is 16.9 Å². The van der Waals surface area contributed by atoms with Gasteiger partial charge in [0, 0.05) is 12.5 Å². The highest BCUT2D eigenvalue weighted by Gasteiger charge is 2.28. The fraction of sp³-hybridized carbons (Fsp3) is 0.550. The lowest BCUT2D eigenvalue weighted by atomic mass is 10.0. The van der Waals surface area contributed by atoms with Crippen LogP contribution < -0.4 is 4.72 Å². The van der Waals surface area contributed by atoms with Crippen molar-refractivity contribution in [1.29, 1.82) is 0 Å². The Morgan fingerprint density at radius 1 is 1.19 bits per heavy atom. The number of carboxylic acid groups (broad SMARTS) is 1. The zero-order chi connectivity index (χ0) is 19.0. The van der Waals surface area contributed by atoms with Crippen LogP contribution in [0.2, 0.25) is 0 Å². The van der Waals surface area contributed by atoms with Crippen LogP contribution in [0.5, 0.6) is 0 Å². The molecule has 1 saturated carbocycles. The first kappa shape index (κ1) is 20.6. The molecule has 1 aliphatic carbocycles. The molecular formula is C20H29NO4S. The second kappa shape index (κ2) is 9.88. The Balaban J connectivity index is 1.70. The van der Waals surface area contributed by atoms with Gasteiger partial charge in [0.1, 0.15) is 0 Å². The molecule has 1 aliphatic rings. The fourth-order valence-electron chi connectivity index (χ4n) is 3.39. The molecule has 2 unspecified atom stereocenters. The highest BCUT2D eigenvalue weighted by molar-refractivity contribution is 7.89. The summed E-state index contributed by atoms with van der Waals surface area (Å²) in [6.45, 7) is 1.94. The molecule has 0 bridgehead atoms. The highest BCUT2D eigenvalue weighted by Crippen LogP contribution is 2.30. The van der Waals surface area contributed by atoms with Gasteiger partial charge in [0.2, 0.25) is 10.0 Å². The summed E-state index contributed by atoms with van der Waals surface area (Å²) in [6.07, 6.45) is 10.7. The zero-order valence-corrected chi connectivity index (χ0v) is 16.2. The number of benzene rings is 1. The van der Waals surface area contributed by atoms with Gasteiger partial charge in [-0.2, -0.15) is 0 Å². The smallest absolute Gasteiger partial charge is 0.303 e. The van der Waals surface area contributed by atoms with Gasteiger partial charge in [-0.05, 0) is 69.9 Å². The summed E-state index contributed by atoms with van der Waals surface area (Å²) in [5, 5.41) is 8.58. The van der Waals surface area contributed by atoms with Crippen LogP contribution in [0, 0.1) is 12.8 Å². The van der Waals surface area contributed by atoms with Crippen LogP contribution in [0.3, 0.4) is 0 Å². The maximum atomic E-state index is 12.5. The fourth-order valence-corrected chi connectivity index (χ4v) is 4.67. The highest BCUT2D eigenvalue weighted by atomic mass is 32.2. The van der Waals surface area contributed by atoms with E-state index in [1.165, 1.54) is 0 Å². The van der Waals surface area contributed by atoms with Crippen LogP contribution in [-0.2, 0) is 14.8 Å². The molecule has 2 N–H and O–H groups in total. The van der Waals surface area contributed by atoms with Crippen molar-refractivity contribution in [2.75, 3.05) is 0 Å². The molecule has 144 valence electrons. The quantitative estimate of drug-likeness (QED) is 0.475. The monoisotopic (exact) mass is 379 g/mol. The Kier molecular flexibility index (Phi) is 7.85. The topological polar surface area (TPSA) is 83.5 Å². The molecule has 26 heavy (non-hydrogen) atoms. The van der Waals surface area contributed by atoms with Gasteiger partial charge in [-0.25, -0.2) is 13.1 Å². The molecule has 2 rings (SSSR count). The number of hydrogen-bond donors (Lipinski definition) is 2. The largest absolute Gasteiger partial charge is 0.481 e. The van der Waals surface area contributed by atoms with E-state index in [1.807, 2.05) is 19.1 Å². The average molecular weight is 380 g/mol. The third kappa shape index (κ3) is 6.92. The van der Waals surface area contributed by atoms with Gasteiger partial charge in [-0.3, -0.25) is 4.79 Å². The van der Waals surface area contributed by atoms with Gasteiger partial charge in [-0.15, -0.1) is 0 Å². The molecule has 0 saturated heterocycles. The van der Waals surface area contributed by atoms with Crippen molar-refractivity contribution in [2.24, 2.45) is 5.92 Å². The number of sulfonamides is 1. The third-order valence-corrected chi connectivity index (χ3v) is 6.40. The molecule has 5 nitrogen and oxygen atoms in total. The Bertz CT molecular complexity index is 710. The number of nitrogens with one attached hydrogen (secondary N) is 1. The zero-order valence-electron chi connectivity index (χ0n) is 15.4. The summed E-state index contributed by atoms with van der Waals surface area (Å²) in [5.41, 5.74) is 1.04. The molecule has 1 aromatic carbocycles. The number of aryl methyl sites for hydroxylation is 1. The van der Waals surface area contributed by atoms with E-state index >= 15 is 0 Å². The number of unbranched alkanes of at least 4 members (excludes halogenated alkanes) is 1. The van der Waals surface area contributed by atoms with E-state index in [0.29, 0.717) is 17.2 Å². The average Bonchev–Trinajstić information content (AvgIpc) is 3.00. The van der Waals surface area contributed by atoms with Gasteiger partial charge in [-0.1, -0.05) is 29.8 Å². The van der Waals surface area contributed by atoms with Gasteiger partial charge < -0.3 is 5.11 Å². The van der Waals surface area contributed by atoms with E-state index < -0.39 is 16.0 Å². The van der Waals surface area contributed by atoms with Crippen molar-refractivity contribution in [3.05, 3.63) is 42.0 Å². The lowest BCUT2D eigenvalue weighted by Gasteiger charge is -2.14. The number of rotatable bonds is 10. The van der Waals surface area contributed by atoms with Crippen molar-refractivity contribution in [2.45, 2.75) is 69.2 Å². The first-order valence-corrected chi connectivity index (χ1v) is 10.8. The molecular weight excluding hydrogens is 350 g/mol. The molecule has 1 aromatic rings. The lowest BCUT2D eigenvalue weighted by molar-refractivity contribution is -0.137. The molecule has 0 aliphatic heterocycles. The predicted molar refractivity (Wildman–Crippen MR) is 102 cm³/mol. The Morgan fingerprint density at radius 2 is 1.88 bits per heavy atom. The minimum Gasteiger partial charge on any atom is -0.481 e. The molecule has 0 spiro atoms. The molecule has 1 fully saturated rings. The van der Waals surface area contributed by atoms with Crippen molar-refractivity contribution in [1.82, 2.24) is 4.72 Å². The molecule has 0 radical (unpaired) electrons. The minimum atomic E-state index is -3.44. The minimum absolute atomic E-state index is 0.0193. The van der Waals surface area contributed by atoms with E-state index in [1.54, 1.807) is 12.1 Å². The summed E-state index contributed by atoms with van der Waals surface area (Å²) >= 11 is 0. The van der Waals surface area contributed by atoms with E-state index in [4.69, 9.17) is 5.11 Å². The Labute approximate surface area is 156 Å². The number of allylic oxidation sites excluding steroid dienone is 2. The van der Waals surface area contributed by atoms with Crippen molar-refractivity contribution < 1.29 is 18.3 Å². The molecule has 0 amide bonds.